The molecule has 2 aromatic rings. The Balaban J connectivity index is 1.32. The number of fused-ring (bicyclic) bond motifs is 1. The lowest BCUT2D eigenvalue weighted by atomic mass is 9.88. The van der Waals surface area contributed by atoms with Gasteiger partial charge in [0, 0.05) is 37.8 Å². The molecule has 4 atom stereocenters. The lowest BCUT2D eigenvalue weighted by molar-refractivity contribution is -0.137. The Kier molecular flexibility index (Phi) is 6.43. The van der Waals surface area contributed by atoms with Gasteiger partial charge in [0.2, 0.25) is 5.91 Å². The zero-order valence-electron chi connectivity index (χ0n) is 19.6. The molecule has 1 aromatic heterocycles. The van der Waals surface area contributed by atoms with Crippen molar-refractivity contribution in [2.24, 2.45) is 0 Å². The number of hydrogen-bond acceptors (Lipinski definition) is 6. The number of aromatic nitrogens is 2. The molecular weight excluding hydrogens is 459 g/mol. The normalized spacial score (nSPS) is 25.6. The second-order valence-corrected chi connectivity index (χ2v) is 9.76. The number of nitrogens with one attached hydrogen (secondary N) is 1. The van der Waals surface area contributed by atoms with Crippen molar-refractivity contribution in [2.75, 3.05) is 37.6 Å². The van der Waals surface area contributed by atoms with E-state index in [1.165, 1.54) is 18.5 Å². The van der Waals surface area contributed by atoms with Crippen LogP contribution in [0.3, 0.4) is 0 Å². The highest BCUT2D eigenvalue weighted by atomic mass is 19.4. The van der Waals surface area contributed by atoms with E-state index in [0.717, 1.165) is 42.9 Å². The fourth-order valence-electron chi connectivity index (χ4n) is 5.71. The number of alkyl halides is 3. The molecule has 0 saturated carbocycles. The smallest absolute Gasteiger partial charge is 0.387 e. The van der Waals surface area contributed by atoms with Crippen LogP contribution in [0.2, 0.25) is 0 Å². The molecule has 2 aliphatic heterocycles. The van der Waals surface area contributed by atoms with Crippen LogP contribution in [0.5, 0.6) is 0 Å². The number of anilines is 1. The average molecular weight is 490 g/mol. The first-order valence-corrected chi connectivity index (χ1v) is 12.2. The Labute approximate surface area is 202 Å². The van der Waals surface area contributed by atoms with E-state index in [1.54, 1.807) is 0 Å². The number of carbonyl (C=O) groups is 1. The molecule has 2 N–H and O–H groups in total. The van der Waals surface area contributed by atoms with Crippen molar-refractivity contribution in [2.45, 2.75) is 56.3 Å². The van der Waals surface area contributed by atoms with Crippen LogP contribution in [-0.2, 0) is 11.0 Å². The zero-order valence-corrected chi connectivity index (χ0v) is 19.6. The molecule has 1 aromatic carbocycles. The number of carbonyl (C=O) groups excluding carboxylic acids is 1. The van der Waals surface area contributed by atoms with E-state index in [2.05, 4.69) is 27.1 Å². The van der Waals surface area contributed by atoms with Crippen LogP contribution in [0, 0.1) is 0 Å². The third-order valence-electron chi connectivity index (χ3n) is 7.53. The number of piperazine rings is 1. The lowest BCUT2D eigenvalue weighted by Gasteiger charge is -2.39. The van der Waals surface area contributed by atoms with Crippen molar-refractivity contribution in [1.82, 2.24) is 20.2 Å². The van der Waals surface area contributed by atoms with Crippen LogP contribution in [0.15, 0.2) is 30.6 Å². The third kappa shape index (κ3) is 4.61. The Morgan fingerprint density at radius 2 is 1.86 bits per heavy atom. The Bertz CT molecular complexity index is 1060. The molecule has 2 fully saturated rings. The number of amides is 1. The maximum absolute atomic E-state index is 13.7. The summed E-state index contributed by atoms with van der Waals surface area (Å²) in [6.07, 6.45) is -1.12. The molecule has 1 amide bonds. The molecule has 3 aliphatic rings. The Morgan fingerprint density at radius 3 is 2.49 bits per heavy atom. The highest BCUT2D eigenvalue weighted by molar-refractivity contribution is 5.85. The van der Waals surface area contributed by atoms with Crippen molar-refractivity contribution in [3.8, 4) is 0 Å². The molecule has 2 unspecified atom stereocenters. The van der Waals surface area contributed by atoms with Gasteiger partial charge in [-0.05, 0) is 49.4 Å². The molecule has 188 valence electrons. The van der Waals surface area contributed by atoms with E-state index in [4.69, 9.17) is 0 Å². The molecule has 10 heteroatoms. The average Bonchev–Trinajstić information content (AvgIpc) is 3.47. The van der Waals surface area contributed by atoms with Crippen LogP contribution in [0.1, 0.15) is 66.5 Å². The van der Waals surface area contributed by atoms with Gasteiger partial charge in [-0.15, -0.1) is 0 Å². The largest absolute Gasteiger partial charge is 0.416 e. The minimum Gasteiger partial charge on any atom is -0.387 e. The van der Waals surface area contributed by atoms with E-state index in [9.17, 15) is 23.1 Å². The van der Waals surface area contributed by atoms with E-state index < -0.39 is 23.8 Å². The highest BCUT2D eigenvalue weighted by Gasteiger charge is 2.38. The van der Waals surface area contributed by atoms with Crippen LogP contribution in [-0.4, -0.2) is 64.6 Å². The first-order chi connectivity index (χ1) is 16.7. The summed E-state index contributed by atoms with van der Waals surface area (Å²) >= 11 is 0. The summed E-state index contributed by atoms with van der Waals surface area (Å²) in [6, 6.07) is 4.92. The molecule has 35 heavy (non-hydrogen) atoms. The molecule has 0 radical (unpaired) electrons. The van der Waals surface area contributed by atoms with Gasteiger partial charge in [-0.2, -0.15) is 13.2 Å². The van der Waals surface area contributed by atoms with Gasteiger partial charge in [-0.25, -0.2) is 9.97 Å². The molecule has 3 heterocycles. The first kappa shape index (κ1) is 24.0. The molecule has 2 saturated heterocycles. The van der Waals surface area contributed by atoms with Gasteiger partial charge in [0.25, 0.3) is 0 Å². The van der Waals surface area contributed by atoms with E-state index in [0.29, 0.717) is 43.9 Å². The van der Waals surface area contributed by atoms with Gasteiger partial charge in [0.15, 0.2) is 0 Å². The second kappa shape index (κ2) is 9.39. The topological polar surface area (TPSA) is 81.6 Å². The molecule has 7 nitrogen and oxygen atoms in total. The highest BCUT2D eigenvalue weighted by Crippen LogP contribution is 2.43. The van der Waals surface area contributed by atoms with Crippen LogP contribution in [0.4, 0.5) is 19.0 Å². The number of aliphatic hydroxyl groups is 1. The first-order valence-electron chi connectivity index (χ1n) is 12.2. The fraction of sp³-hybridized carbons (Fsp3) is 0.560. The molecule has 5 rings (SSSR count). The Morgan fingerprint density at radius 1 is 1.14 bits per heavy atom. The Hall–Kier alpha value is -2.72. The number of halogens is 3. The number of nitrogens with zero attached hydrogens (tertiary/aromatic N) is 4. The number of rotatable bonds is 4. The summed E-state index contributed by atoms with van der Waals surface area (Å²) in [5.74, 6) is 0.404. The van der Waals surface area contributed by atoms with Crippen molar-refractivity contribution in [3.63, 3.8) is 0 Å². The predicted molar refractivity (Wildman–Crippen MR) is 124 cm³/mol. The summed E-state index contributed by atoms with van der Waals surface area (Å²) < 4.78 is 39.2. The molecule has 0 bridgehead atoms. The van der Waals surface area contributed by atoms with Crippen LogP contribution >= 0.6 is 0 Å². The maximum atomic E-state index is 13.7. The second-order valence-electron chi connectivity index (χ2n) is 9.76. The van der Waals surface area contributed by atoms with Gasteiger partial charge in [0.1, 0.15) is 12.1 Å². The van der Waals surface area contributed by atoms with Gasteiger partial charge in [-0.1, -0.05) is 19.1 Å². The minimum atomic E-state index is -4.41. The lowest BCUT2D eigenvalue weighted by Crippen LogP contribution is -2.52. The minimum absolute atomic E-state index is 0.0551. The summed E-state index contributed by atoms with van der Waals surface area (Å²) in [7, 11) is 0. The number of benzene rings is 1. The summed E-state index contributed by atoms with van der Waals surface area (Å²) in [6.45, 7) is 5.04. The third-order valence-corrected chi connectivity index (χ3v) is 7.53. The van der Waals surface area contributed by atoms with Gasteiger partial charge in [-0.3, -0.25) is 4.79 Å². The molecular formula is C25H30F3N5O2. The molecule has 1 aliphatic carbocycles. The van der Waals surface area contributed by atoms with E-state index >= 15 is 0 Å². The maximum Gasteiger partial charge on any atom is 0.416 e. The monoisotopic (exact) mass is 489 g/mol. The summed E-state index contributed by atoms with van der Waals surface area (Å²) in [5, 5.41) is 13.7. The summed E-state index contributed by atoms with van der Waals surface area (Å²) in [4.78, 5) is 26.4. The van der Waals surface area contributed by atoms with Crippen molar-refractivity contribution in [3.05, 3.63) is 53.0 Å². The quantitative estimate of drug-likeness (QED) is 0.687. The van der Waals surface area contributed by atoms with Crippen LogP contribution < -0.4 is 10.2 Å². The zero-order chi connectivity index (χ0) is 24.7. The number of aliphatic hydroxyl groups excluding tert-OH is 1. The summed E-state index contributed by atoms with van der Waals surface area (Å²) in [5.41, 5.74) is 1.58. The van der Waals surface area contributed by atoms with Crippen molar-refractivity contribution >= 4 is 11.7 Å². The van der Waals surface area contributed by atoms with Gasteiger partial charge < -0.3 is 20.2 Å². The van der Waals surface area contributed by atoms with Gasteiger partial charge in [0.05, 0.1) is 23.3 Å². The SMILES string of the molecule is C[C@@H]1C[C@@H](O)c2ncnc(N3CCN(C(=O)C(c4ccc(C(F)(F)F)cc4)C4CCCN4)CC3)c21. The van der Waals surface area contributed by atoms with E-state index in [-0.39, 0.29) is 17.9 Å². The van der Waals surface area contributed by atoms with Crippen LogP contribution in [0.25, 0.3) is 0 Å². The molecule has 0 spiro atoms. The number of hydrogen-bond donors (Lipinski definition) is 2. The fourth-order valence-corrected chi connectivity index (χ4v) is 5.71. The van der Waals surface area contributed by atoms with Crippen molar-refractivity contribution < 1.29 is 23.1 Å². The van der Waals surface area contributed by atoms with Crippen molar-refractivity contribution in [1.29, 1.82) is 0 Å². The predicted octanol–water partition coefficient (Wildman–Crippen LogP) is 3.22. The van der Waals surface area contributed by atoms with Gasteiger partial charge >= 0.3 is 6.18 Å². The standard InChI is InChI=1S/C25H30F3N5O2/c1-15-13-19(34)22-20(15)23(31-14-30-22)32-9-11-33(12-10-32)24(35)21(18-3-2-8-29-18)16-4-6-17(7-5-16)25(26,27)28/h4-7,14-15,18-19,21,29,34H,2-3,8-13H2,1H3/t15-,18?,19-,21?/m1/s1. The van der Waals surface area contributed by atoms with E-state index in [1.807, 2.05) is 4.90 Å².